The van der Waals surface area contributed by atoms with Crippen LogP contribution in [0.4, 0.5) is 5.69 Å². The van der Waals surface area contributed by atoms with E-state index in [9.17, 15) is 0 Å². The number of nitrogens with one attached hydrogen (secondary N) is 1. The molecule has 0 amide bonds. The van der Waals surface area contributed by atoms with Crippen LogP contribution in [0.25, 0.3) is 0 Å². The molecular weight excluding hydrogens is 277 g/mol. The average Bonchev–Trinajstić information content (AvgIpc) is 2.32. The van der Waals surface area contributed by atoms with E-state index in [0.717, 1.165) is 11.3 Å². The predicted octanol–water partition coefficient (Wildman–Crippen LogP) is 5.26. The summed E-state index contributed by atoms with van der Waals surface area (Å²) >= 11 is 18.0. The summed E-state index contributed by atoms with van der Waals surface area (Å²) in [5.74, 6) is 0. The first-order chi connectivity index (χ1) is 8.16. The van der Waals surface area contributed by atoms with Crippen molar-refractivity contribution >= 4 is 40.5 Å². The van der Waals surface area contributed by atoms with Gasteiger partial charge in [-0.25, -0.2) is 0 Å². The van der Waals surface area contributed by atoms with Crippen LogP contribution in [0.3, 0.4) is 0 Å². The van der Waals surface area contributed by atoms with Crippen molar-refractivity contribution in [3.05, 3.63) is 63.1 Å². The van der Waals surface area contributed by atoms with E-state index >= 15 is 0 Å². The van der Waals surface area contributed by atoms with Gasteiger partial charge in [0.15, 0.2) is 0 Å². The van der Waals surface area contributed by atoms with Crippen LogP contribution in [0.15, 0.2) is 42.5 Å². The molecule has 0 unspecified atom stereocenters. The molecule has 0 heterocycles. The maximum absolute atomic E-state index is 6.07. The molecule has 0 radical (unpaired) electrons. The second kappa shape index (κ2) is 5.63. The molecule has 0 bridgehead atoms. The summed E-state index contributed by atoms with van der Waals surface area (Å²) in [6.07, 6.45) is 0. The van der Waals surface area contributed by atoms with Crippen molar-refractivity contribution in [2.24, 2.45) is 0 Å². The van der Waals surface area contributed by atoms with Gasteiger partial charge in [-0.15, -0.1) is 0 Å². The lowest BCUT2D eigenvalue weighted by molar-refractivity contribution is 1.15. The highest BCUT2D eigenvalue weighted by atomic mass is 35.5. The number of hydrogen-bond donors (Lipinski definition) is 1. The highest BCUT2D eigenvalue weighted by molar-refractivity contribution is 6.34. The summed E-state index contributed by atoms with van der Waals surface area (Å²) in [6.45, 7) is 0.586. The Kier molecular flexibility index (Phi) is 4.16. The number of hydrogen-bond acceptors (Lipinski definition) is 1. The minimum Gasteiger partial charge on any atom is -0.380 e. The zero-order chi connectivity index (χ0) is 12.3. The molecule has 0 aliphatic rings. The topological polar surface area (TPSA) is 12.0 Å². The standard InChI is InChI=1S/C13H10Cl3N/c14-10-5-6-11(15)9(7-10)8-17-13-4-2-1-3-12(13)16/h1-7,17H,8H2. The zero-order valence-electron chi connectivity index (χ0n) is 8.88. The molecule has 0 aliphatic heterocycles. The molecule has 0 saturated heterocycles. The van der Waals surface area contributed by atoms with Gasteiger partial charge in [-0.3, -0.25) is 0 Å². The maximum atomic E-state index is 6.07. The first kappa shape index (κ1) is 12.6. The lowest BCUT2D eigenvalue weighted by Crippen LogP contribution is -2.00. The molecule has 0 fully saturated rings. The van der Waals surface area contributed by atoms with Crippen LogP contribution in [-0.4, -0.2) is 0 Å². The Morgan fingerprint density at radius 2 is 1.65 bits per heavy atom. The monoisotopic (exact) mass is 285 g/mol. The molecule has 2 aromatic rings. The SMILES string of the molecule is Clc1ccc(Cl)c(CNc2ccccc2Cl)c1. The minimum absolute atomic E-state index is 0.586. The molecule has 17 heavy (non-hydrogen) atoms. The number of para-hydroxylation sites is 1. The normalized spacial score (nSPS) is 10.3. The first-order valence-electron chi connectivity index (χ1n) is 5.09. The number of benzene rings is 2. The van der Waals surface area contributed by atoms with Crippen LogP contribution in [0.2, 0.25) is 15.1 Å². The van der Waals surface area contributed by atoms with Crippen molar-refractivity contribution in [3.8, 4) is 0 Å². The van der Waals surface area contributed by atoms with Gasteiger partial charge in [0.05, 0.1) is 10.7 Å². The Labute approximate surface area is 115 Å². The van der Waals surface area contributed by atoms with Crippen LogP contribution >= 0.6 is 34.8 Å². The molecule has 0 spiro atoms. The van der Waals surface area contributed by atoms with Crippen molar-refractivity contribution in [3.63, 3.8) is 0 Å². The van der Waals surface area contributed by atoms with Crippen molar-refractivity contribution in [1.29, 1.82) is 0 Å². The summed E-state index contributed by atoms with van der Waals surface area (Å²) < 4.78 is 0. The van der Waals surface area contributed by atoms with Gasteiger partial charge in [0.25, 0.3) is 0 Å². The molecule has 0 saturated carbocycles. The number of rotatable bonds is 3. The van der Waals surface area contributed by atoms with E-state index in [1.807, 2.05) is 30.3 Å². The van der Waals surface area contributed by atoms with Crippen LogP contribution in [-0.2, 0) is 6.54 Å². The third kappa shape index (κ3) is 3.29. The lowest BCUT2D eigenvalue weighted by Gasteiger charge is -2.09. The summed E-state index contributed by atoms with van der Waals surface area (Å²) in [4.78, 5) is 0. The van der Waals surface area contributed by atoms with E-state index in [1.54, 1.807) is 12.1 Å². The number of anilines is 1. The average molecular weight is 287 g/mol. The highest BCUT2D eigenvalue weighted by Crippen LogP contribution is 2.24. The number of halogens is 3. The maximum Gasteiger partial charge on any atom is 0.0637 e. The van der Waals surface area contributed by atoms with Crippen LogP contribution < -0.4 is 5.32 Å². The van der Waals surface area contributed by atoms with Crippen LogP contribution in [0, 0.1) is 0 Å². The third-order valence-electron chi connectivity index (χ3n) is 2.35. The Morgan fingerprint density at radius 1 is 0.882 bits per heavy atom. The second-order valence-electron chi connectivity index (χ2n) is 3.57. The van der Waals surface area contributed by atoms with E-state index < -0.39 is 0 Å². The van der Waals surface area contributed by atoms with Crippen molar-refractivity contribution in [2.45, 2.75) is 6.54 Å². The van der Waals surface area contributed by atoms with Gasteiger partial charge in [0.2, 0.25) is 0 Å². The first-order valence-corrected chi connectivity index (χ1v) is 6.22. The fourth-order valence-corrected chi connectivity index (χ4v) is 2.06. The van der Waals surface area contributed by atoms with E-state index in [1.165, 1.54) is 0 Å². The van der Waals surface area contributed by atoms with E-state index in [0.29, 0.717) is 21.6 Å². The molecule has 0 aromatic heterocycles. The van der Waals surface area contributed by atoms with E-state index in [-0.39, 0.29) is 0 Å². The van der Waals surface area contributed by atoms with Gasteiger partial charge >= 0.3 is 0 Å². The highest BCUT2D eigenvalue weighted by Gasteiger charge is 2.03. The van der Waals surface area contributed by atoms with Gasteiger partial charge in [-0.1, -0.05) is 46.9 Å². The lowest BCUT2D eigenvalue weighted by atomic mass is 10.2. The predicted molar refractivity (Wildman–Crippen MR) is 75.2 cm³/mol. The van der Waals surface area contributed by atoms with Gasteiger partial charge in [-0.2, -0.15) is 0 Å². The molecule has 88 valence electrons. The van der Waals surface area contributed by atoms with Crippen molar-refractivity contribution < 1.29 is 0 Å². The van der Waals surface area contributed by atoms with E-state index in [2.05, 4.69) is 5.32 Å². The fourth-order valence-electron chi connectivity index (χ4n) is 1.47. The molecule has 1 nitrogen and oxygen atoms in total. The molecule has 2 rings (SSSR count). The van der Waals surface area contributed by atoms with Crippen molar-refractivity contribution in [2.75, 3.05) is 5.32 Å². The fraction of sp³-hybridized carbons (Fsp3) is 0.0769. The summed E-state index contributed by atoms with van der Waals surface area (Å²) in [5, 5.41) is 5.27. The second-order valence-corrected chi connectivity index (χ2v) is 4.82. The van der Waals surface area contributed by atoms with Gasteiger partial charge in [0.1, 0.15) is 0 Å². The molecule has 1 N–H and O–H groups in total. The molecular formula is C13H10Cl3N. The minimum atomic E-state index is 0.586. The molecule has 2 aromatic carbocycles. The summed E-state index contributed by atoms with van der Waals surface area (Å²) in [5.41, 5.74) is 1.82. The largest absolute Gasteiger partial charge is 0.380 e. The van der Waals surface area contributed by atoms with Gasteiger partial charge in [-0.05, 0) is 35.9 Å². The quantitative estimate of drug-likeness (QED) is 0.811. The summed E-state index contributed by atoms with van der Waals surface area (Å²) in [6, 6.07) is 13.0. The van der Waals surface area contributed by atoms with Gasteiger partial charge < -0.3 is 5.32 Å². The Hall–Kier alpha value is -0.890. The van der Waals surface area contributed by atoms with E-state index in [4.69, 9.17) is 34.8 Å². The van der Waals surface area contributed by atoms with Crippen LogP contribution in [0.1, 0.15) is 5.56 Å². The molecule has 4 heteroatoms. The summed E-state index contributed by atoms with van der Waals surface area (Å²) in [7, 11) is 0. The van der Waals surface area contributed by atoms with Crippen LogP contribution in [0.5, 0.6) is 0 Å². The molecule has 0 aliphatic carbocycles. The Balaban J connectivity index is 2.12. The third-order valence-corrected chi connectivity index (χ3v) is 3.28. The Morgan fingerprint density at radius 3 is 2.41 bits per heavy atom. The smallest absolute Gasteiger partial charge is 0.0637 e. The Bertz CT molecular complexity index is 526. The zero-order valence-corrected chi connectivity index (χ0v) is 11.2. The van der Waals surface area contributed by atoms with Crippen molar-refractivity contribution in [1.82, 2.24) is 0 Å². The van der Waals surface area contributed by atoms with Gasteiger partial charge in [0, 0.05) is 16.6 Å². The molecule has 0 atom stereocenters.